The first-order chi connectivity index (χ1) is 15.3. The second kappa shape index (κ2) is 11.1. The van der Waals surface area contributed by atoms with E-state index in [0.29, 0.717) is 37.6 Å². The van der Waals surface area contributed by atoms with Gasteiger partial charge in [0.2, 0.25) is 0 Å². The van der Waals surface area contributed by atoms with Crippen molar-refractivity contribution in [2.24, 2.45) is 0 Å². The molecule has 2 aromatic carbocycles. The van der Waals surface area contributed by atoms with Crippen molar-refractivity contribution < 1.29 is 19.1 Å². The number of hydrogen-bond acceptors (Lipinski definition) is 4. The fourth-order valence-corrected chi connectivity index (χ4v) is 4.73. The molecule has 1 fully saturated rings. The summed E-state index contributed by atoms with van der Waals surface area (Å²) in [6.07, 6.45) is 5.83. The zero-order valence-electron chi connectivity index (χ0n) is 17.3. The van der Waals surface area contributed by atoms with E-state index in [1.165, 1.54) is 24.6 Å². The number of nitrogens with zero attached hydrogens (tertiary/aromatic N) is 1. The van der Waals surface area contributed by atoms with Gasteiger partial charge in [0.25, 0.3) is 11.8 Å². The molecule has 3 rings (SSSR count). The van der Waals surface area contributed by atoms with Gasteiger partial charge in [-0.3, -0.25) is 14.9 Å². The Bertz CT molecular complexity index is 1050. The molecule has 0 unspecified atom stereocenters. The van der Waals surface area contributed by atoms with Crippen LogP contribution in [0.3, 0.4) is 0 Å². The maximum absolute atomic E-state index is 13.0. The van der Waals surface area contributed by atoms with Crippen LogP contribution in [0.25, 0.3) is 6.08 Å². The fraction of sp³-hybridized carbons (Fsp3) is 0.261. The Morgan fingerprint density at radius 2 is 1.69 bits per heavy atom. The van der Waals surface area contributed by atoms with Crippen molar-refractivity contribution in [2.45, 2.75) is 32.6 Å². The Balaban J connectivity index is 1.84. The lowest BCUT2D eigenvalue weighted by Gasteiger charge is -2.26. The van der Waals surface area contributed by atoms with E-state index >= 15 is 0 Å². The highest BCUT2D eigenvalue weighted by Crippen LogP contribution is 2.36. The first kappa shape index (κ1) is 24.5. The van der Waals surface area contributed by atoms with E-state index < -0.39 is 17.8 Å². The van der Waals surface area contributed by atoms with Gasteiger partial charge in [-0.15, -0.1) is 0 Å². The quantitative estimate of drug-likeness (QED) is 0.219. The number of nitrogens with one attached hydrogen (secondary N) is 1. The molecule has 0 aromatic heterocycles. The number of barbiturate groups is 1. The molecule has 1 N–H and O–H groups in total. The van der Waals surface area contributed by atoms with Crippen LogP contribution in [0.5, 0.6) is 5.75 Å². The molecule has 1 saturated heterocycles. The van der Waals surface area contributed by atoms with Crippen molar-refractivity contribution in [1.82, 2.24) is 5.32 Å². The smallest absolute Gasteiger partial charge is 0.335 e. The van der Waals surface area contributed by atoms with Gasteiger partial charge < -0.3 is 4.74 Å². The number of carbonyl (C=O) groups excluding carboxylic acids is 3. The predicted molar refractivity (Wildman–Crippen MR) is 132 cm³/mol. The van der Waals surface area contributed by atoms with Crippen LogP contribution in [-0.2, 0) is 9.59 Å². The number of urea groups is 1. The van der Waals surface area contributed by atoms with E-state index in [2.05, 4.69) is 44.1 Å². The van der Waals surface area contributed by atoms with Crippen molar-refractivity contribution in [3.63, 3.8) is 0 Å². The summed E-state index contributed by atoms with van der Waals surface area (Å²) in [5, 5.41) is 2.67. The number of anilines is 1. The van der Waals surface area contributed by atoms with Crippen LogP contribution in [0.2, 0.25) is 5.02 Å². The van der Waals surface area contributed by atoms with E-state index in [0.717, 1.165) is 24.2 Å². The summed E-state index contributed by atoms with van der Waals surface area (Å²) >= 11 is 12.9. The fourth-order valence-electron chi connectivity index (χ4n) is 3.15. The lowest BCUT2D eigenvalue weighted by atomic mass is 10.1. The second-order valence-corrected chi connectivity index (χ2v) is 9.30. The predicted octanol–water partition coefficient (Wildman–Crippen LogP) is 6.49. The Kier molecular flexibility index (Phi) is 8.51. The van der Waals surface area contributed by atoms with Gasteiger partial charge in [-0.25, -0.2) is 9.69 Å². The van der Waals surface area contributed by atoms with E-state index in [4.69, 9.17) is 16.3 Å². The summed E-state index contributed by atoms with van der Waals surface area (Å²) in [5.41, 5.74) is 0.738. The SMILES string of the molecule is CCCCCCOc1c(Br)cc(/C=C2/C(=O)NC(=O)N(c3ccc(Cl)cc3)C2=O)cc1Br. The molecule has 9 heteroatoms. The molecule has 4 amide bonds. The van der Waals surface area contributed by atoms with E-state index in [1.54, 1.807) is 24.3 Å². The number of rotatable bonds is 8. The van der Waals surface area contributed by atoms with Crippen LogP contribution in [0.1, 0.15) is 38.2 Å². The number of imide groups is 2. The maximum atomic E-state index is 13.0. The van der Waals surface area contributed by atoms with E-state index in [9.17, 15) is 14.4 Å². The summed E-state index contributed by atoms with van der Waals surface area (Å²) in [4.78, 5) is 38.6. The molecule has 0 spiro atoms. The van der Waals surface area contributed by atoms with Gasteiger partial charge in [-0.05, 0) is 86.3 Å². The Labute approximate surface area is 208 Å². The average Bonchev–Trinajstić information content (AvgIpc) is 2.74. The van der Waals surface area contributed by atoms with Gasteiger partial charge in [-0.1, -0.05) is 37.8 Å². The van der Waals surface area contributed by atoms with Crippen LogP contribution < -0.4 is 15.0 Å². The van der Waals surface area contributed by atoms with Gasteiger partial charge >= 0.3 is 6.03 Å². The van der Waals surface area contributed by atoms with E-state index in [1.807, 2.05) is 0 Å². The highest BCUT2D eigenvalue weighted by atomic mass is 79.9. The van der Waals surface area contributed by atoms with Crippen LogP contribution in [0, 0.1) is 0 Å². The molecule has 0 saturated carbocycles. The zero-order chi connectivity index (χ0) is 23.3. The Morgan fingerprint density at radius 1 is 1.03 bits per heavy atom. The van der Waals surface area contributed by atoms with Crippen LogP contribution >= 0.6 is 43.5 Å². The van der Waals surface area contributed by atoms with Gasteiger partial charge in [0, 0.05) is 5.02 Å². The molecule has 1 aliphatic rings. The summed E-state index contributed by atoms with van der Waals surface area (Å²) in [6, 6.07) is 8.89. The number of benzene rings is 2. The number of hydrogen-bond donors (Lipinski definition) is 1. The number of ether oxygens (including phenoxy) is 1. The first-order valence-corrected chi connectivity index (χ1v) is 12.1. The standard InChI is InChI=1S/C23H21Br2ClN2O4/c1-2-3-4-5-10-32-20-18(24)12-14(13-19(20)25)11-17-21(29)27-23(31)28(22(17)30)16-8-6-15(26)7-9-16/h6-9,11-13H,2-5,10H2,1H3,(H,27,29,31)/b17-11-. The maximum Gasteiger partial charge on any atom is 0.335 e. The minimum atomic E-state index is -0.811. The summed E-state index contributed by atoms with van der Waals surface area (Å²) < 4.78 is 7.24. The third kappa shape index (κ3) is 5.79. The van der Waals surface area contributed by atoms with Gasteiger partial charge in [0.1, 0.15) is 11.3 Å². The number of halogens is 3. The monoisotopic (exact) mass is 582 g/mol. The topological polar surface area (TPSA) is 75.7 Å². The minimum Gasteiger partial charge on any atom is -0.491 e. The van der Waals surface area contributed by atoms with Gasteiger partial charge in [0.15, 0.2) is 0 Å². The lowest BCUT2D eigenvalue weighted by Crippen LogP contribution is -2.54. The molecule has 1 heterocycles. The third-order valence-corrected chi connectivity index (χ3v) is 6.19. The van der Waals surface area contributed by atoms with Crippen molar-refractivity contribution in [2.75, 3.05) is 11.5 Å². The van der Waals surface area contributed by atoms with Gasteiger partial charge in [0.05, 0.1) is 21.2 Å². The van der Waals surface area contributed by atoms with Crippen molar-refractivity contribution in [3.05, 3.63) is 61.5 Å². The molecular weight excluding hydrogens is 564 g/mol. The first-order valence-electron chi connectivity index (χ1n) is 10.1. The normalized spacial score (nSPS) is 15.3. The molecule has 0 atom stereocenters. The summed E-state index contributed by atoms with van der Waals surface area (Å²) in [7, 11) is 0. The Hall–Kier alpha value is -2.16. The number of amides is 4. The number of unbranched alkanes of at least 4 members (excludes halogenated alkanes) is 3. The van der Waals surface area contributed by atoms with Crippen LogP contribution in [0.15, 0.2) is 50.9 Å². The largest absolute Gasteiger partial charge is 0.491 e. The third-order valence-electron chi connectivity index (χ3n) is 4.76. The average molecular weight is 585 g/mol. The molecule has 0 aliphatic carbocycles. The molecule has 168 valence electrons. The molecule has 32 heavy (non-hydrogen) atoms. The van der Waals surface area contributed by atoms with Crippen LogP contribution in [-0.4, -0.2) is 24.5 Å². The molecule has 0 radical (unpaired) electrons. The lowest BCUT2D eigenvalue weighted by molar-refractivity contribution is -0.122. The summed E-state index contributed by atoms with van der Waals surface area (Å²) in [6.45, 7) is 2.75. The second-order valence-electron chi connectivity index (χ2n) is 7.16. The highest BCUT2D eigenvalue weighted by Gasteiger charge is 2.36. The van der Waals surface area contributed by atoms with Gasteiger partial charge in [-0.2, -0.15) is 0 Å². The van der Waals surface area contributed by atoms with E-state index in [-0.39, 0.29) is 5.57 Å². The minimum absolute atomic E-state index is 0.161. The van der Waals surface area contributed by atoms with Crippen LogP contribution in [0.4, 0.5) is 10.5 Å². The highest BCUT2D eigenvalue weighted by molar-refractivity contribution is 9.11. The number of carbonyl (C=O) groups is 3. The summed E-state index contributed by atoms with van der Waals surface area (Å²) in [5.74, 6) is -0.820. The Morgan fingerprint density at radius 3 is 2.31 bits per heavy atom. The molecule has 6 nitrogen and oxygen atoms in total. The molecule has 0 bridgehead atoms. The molecule has 2 aromatic rings. The molecule has 1 aliphatic heterocycles. The van der Waals surface area contributed by atoms with Crippen molar-refractivity contribution in [3.8, 4) is 5.75 Å². The van der Waals surface area contributed by atoms with Crippen molar-refractivity contribution >= 4 is 73.1 Å². The molecular formula is C23H21Br2ClN2O4. The zero-order valence-corrected chi connectivity index (χ0v) is 21.2. The van der Waals surface area contributed by atoms with Crippen molar-refractivity contribution in [1.29, 1.82) is 0 Å².